The first-order chi connectivity index (χ1) is 11.6. The Bertz CT molecular complexity index is 879. The van der Waals surface area contributed by atoms with Crippen LogP contribution in [0, 0.1) is 42.4 Å². The average Bonchev–Trinajstić information content (AvgIpc) is 3.25. The van der Waals surface area contributed by atoms with Crippen molar-refractivity contribution in [2.75, 3.05) is 4.90 Å². The van der Waals surface area contributed by atoms with Gasteiger partial charge in [0.25, 0.3) is 0 Å². The standard InChI is InChI=1S/C20H19NO3/c1-9-6-10-7-11(2-5-16(10)24-9)21-19(22)17-12-3-4-13(15-8-14(12)15)18(17)20(21)23/h2,5-7,12-15,17-18H,3-4,8H2,1H3/t12-,13+,14+,15-,17-,18+. The Morgan fingerprint density at radius 1 is 0.958 bits per heavy atom. The van der Waals surface area contributed by atoms with Gasteiger partial charge < -0.3 is 4.42 Å². The van der Waals surface area contributed by atoms with Gasteiger partial charge in [0.1, 0.15) is 11.3 Å². The van der Waals surface area contributed by atoms with Crippen molar-refractivity contribution in [3.63, 3.8) is 0 Å². The first kappa shape index (κ1) is 13.2. The number of nitrogens with zero attached hydrogens (tertiary/aromatic N) is 1. The molecule has 7 rings (SSSR count). The smallest absolute Gasteiger partial charge is 0.237 e. The molecule has 2 amide bonds. The van der Waals surface area contributed by atoms with Gasteiger partial charge in [0.2, 0.25) is 11.8 Å². The summed E-state index contributed by atoms with van der Waals surface area (Å²) in [6.07, 6.45) is 3.53. The Kier molecular flexibility index (Phi) is 2.26. The van der Waals surface area contributed by atoms with E-state index in [0.29, 0.717) is 17.5 Å². The number of imide groups is 1. The molecule has 6 atom stereocenters. The summed E-state index contributed by atoms with van der Waals surface area (Å²) in [5.74, 6) is 3.17. The number of anilines is 1. The summed E-state index contributed by atoms with van der Waals surface area (Å²) in [6.45, 7) is 1.91. The van der Waals surface area contributed by atoms with Gasteiger partial charge in [-0.2, -0.15) is 0 Å². The molecule has 24 heavy (non-hydrogen) atoms. The Balaban J connectivity index is 1.45. The van der Waals surface area contributed by atoms with Crippen LogP contribution in [0.1, 0.15) is 25.0 Å². The SMILES string of the molecule is Cc1cc2cc(N3C(=O)[C@@H]4[C@@H]5CC[C@@H]([C@H]6C[C@H]65)[C@@H]4C3=O)ccc2o1. The molecule has 5 aliphatic rings. The molecular formula is C20H19NO3. The minimum Gasteiger partial charge on any atom is -0.461 e. The number of hydrogen-bond acceptors (Lipinski definition) is 3. The van der Waals surface area contributed by atoms with Gasteiger partial charge >= 0.3 is 0 Å². The maximum absolute atomic E-state index is 13.1. The fraction of sp³-hybridized carbons (Fsp3) is 0.500. The molecule has 4 heteroatoms. The number of furan rings is 1. The highest BCUT2D eigenvalue weighted by molar-refractivity contribution is 6.22. The average molecular weight is 321 g/mol. The van der Waals surface area contributed by atoms with Crippen LogP contribution < -0.4 is 4.90 Å². The van der Waals surface area contributed by atoms with Gasteiger partial charge in [0.05, 0.1) is 17.5 Å². The molecule has 2 aromatic rings. The second-order valence-electron chi connectivity index (χ2n) is 8.11. The van der Waals surface area contributed by atoms with E-state index in [4.69, 9.17) is 4.42 Å². The minimum absolute atomic E-state index is 0.0459. The van der Waals surface area contributed by atoms with Crippen molar-refractivity contribution in [2.45, 2.75) is 26.2 Å². The van der Waals surface area contributed by atoms with E-state index in [-0.39, 0.29) is 23.7 Å². The maximum atomic E-state index is 13.1. The van der Waals surface area contributed by atoms with Crippen molar-refractivity contribution >= 4 is 28.5 Å². The second kappa shape index (κ2) is 4.11. The van der Waals surface area contributed by atoms with Crippen molar-refractivity contribution in [1.82, 2.24) is 0 Å². The van der Waals surface area contributed by atoms with Gasteiger partial charge in [0.15, 0.2) is 0 Å². The lowest BCUT2D eigenvalue weighted by molar-refractivity contribution is -0.129. The highest BCUT2D eigenvalue weighted by Crippen LogP contribution is 2.68. The van der Waals surface area contributed by atoms with Crippen LogP contribution in [0.4, 0.5) is 5.69 Å². The summed E-state index contributed by atoms with van der Waals surface area (Å²) >= 11 is 0. The van der Waals surface area contributed by atoms with Gasteiger partial charge in [-0.1, -0.05) is 0 Å². The third-order valence-electron chi connectivity index (χ3n) is 7.03. The predicted octanol–water partition coefficient (Wildman–Crippen LogP) is 3.52. The highest BCUT2D eigenvalue weighted by Gasteiger charge is 2.68. The summed E-state index contributed by atoms with van der Waals surface area (Å²) in [5, 5.41) is 0.950. The van der Waals surface area contributed by atoms with Crippen LogP contribution in [0.15, 0.2) is 28.7 Å². The number of rotatable bonds is 1. The third-order valence-corrected chi connectivity index (χ3v) is 7.03. The maximum Gasteiger partial charge on any atom is 0.237 e. The van der Waals surface area contributed by atoms with E-state index in [1.165, 1.54) is 11.3 Å². The quantitative estimate of drug-likeness (QED) is 0.755. The first-order valence-electron chi connectivity index (χ1n) is 9.01. The predicted molar refractivity (Wildman–Crippen MR) is 88.2 cm³/mol. The monoisotopic (exact) mass is 321 g/mol. The number of carbonyl (C=O) groups is 2. The number of fused-ring (bicyclic) bond motifs is 2. The topological polar surface area (TPSA) is 50.5 Å². The molecule has 2 bridgehead atoms. The Morgan fingerprint density at radius 3 is 2.29 bits per heavy atom. The molecule has 122 valence electrons. The van der Waals surface area contributed by atoms with E-state index in [1.54, 1.807) is 0 Å². The van der Waals surface area contributed by atoms with Crippen molar-refractivity contribution in [3.8, 4) is 0 Å². The molecule has 4 saturated carbocycles. The number of carbonyl (C=O) groups excluding carboxylic acids is 2. The molecule has 0 unspecified atom stereocenters. The fourth-order valence-corrected chi connectivity index (χ4v) is 6.10. The summed E-state index contributed by atoms with van der Waals surface area (Å²) in [4.78, 5) is 27.7. The summed E-state index contributed by atoms with van der Waals surface area (Å²) in [6, 6.07) is 7.59. The molecule has 2 heterocycles. The van der Waals surface area contributed by atoms with Crippen LogP contribution in [-0.2, 0) is 9.59 Å². The van der Waals surface area contributed by atoms with E-state index in [1.807, 2.05) is 31.2 Å². The van der Waals surface area contributed by atoms with Crippen molar-refractivity contribution in [3.05, 3.63) is 30.0 Å². The molecular weight excluding hydrogens is 302 g/mol. The van der Waals surface area contributed by atoms with Crippen LogP contribution in [0.3, 0.4) is 0 Å². The summed E-state index contributed by atoms with van der Waals surface area (Å²) < 4.78 is 5.61. The Labute approximate surface area is 139 Å². The van der Waals surface area contributed by atoms with E-state index >= 15 is 0 Å². The zero-order valence-electron chi connectivity index (χ0n) is 13.6. The van der Waals surface area contributed by atoms with Crippen LogP contribution >= 0.6 is 0 Å². The zero-order valence-corrected chi connectivity index (χ0v) is 13.6. The number of benzene rings is 1. The normalized spacial score (nSPS) is 39.5. The van der Waals surface area contributed by atoms with E-state index < -0.39 is 0 Å². The van der Waals surface area contributed by atoms with Crippen molar-refractivity contribution in [2.24, 2.45) is 35.5 Å². The molecule has 4 nitrogen and oxygen atoms in total. The fourth-order valence-electron chi connectivity index (χ4n) is 6.10. The van der Waals surface area contributed by atoms with Crippen LogP contribution in [0.25, 0.3) is 11.0 Å². The molecule has 5 fully saturated rings. The number of amides is 2. The second-order valence-corrected chi connectivity index (χ2v) is 8.11. The molecule has 0 radical (unpaired) electrons. The van der Waals surface area contributed by atoms with E-state index in [0.717, 1.165) is 41.4 Å². The third kappa shape index (κ3) is 1.45. The van der Waals surface area contributed by atoms with Crippen molar-refractivity contribution in [1.29, 1.82) is 0 Å². The molecule has 1 aromatic carbocycles. The lowest BCUT2D eigenvalue weighted by Crippen LogP contribution is -2.43. The minimum atomic E-state index is -0.0539. The van der Waals surface area contributed by atoms with Gasteiger partial charge in [-0.25, -0.2) is 0 Å². The van der Waals surface area contributed by atoms with Crippen LogP contribution in [0.2, 0.25) is 0 Å². The van der Waals surface area contributed by atoms with Gasteiger partial charge in [-0.3, -0.25) is 14.5 Å². The van der Waals surface area contributed by atoms with Gasteiger partial charge in [-0.05, 0) is 74.1 Å². The zero-order chi connectivity index (χ0) is 16.2. The van der Waals surface area contributed by atoms with E-state index in [9.17, 15) is 9.59 Å². The Hall–Kier alpha value is -2.10. The highest BCUT2D eigenvalue weighted by atomic mass is 16.3. The first-order valence-corrected chi connectivity index (χ1v) is 9.01. The Morgan fingerprint density at radius 2 is 1.62 bits per heavy atom. The molecule has 0 N–H and O–H groups in total. The molecule has 1 aromatic heterocycles. The summed E-state index contributed by atoms with van der Waals surface area (Å²) in [5.41, 5.74) is 1.51. The molecule has 0 spiro atoms. The van der Waals surface area contributed by atoms with Crippen LogP contribution in [0.5, 0.6) is 0 Å². The molecule has 1 aliphatic heterocycles. The molecule has 4 aliphatic carbocycles. The van der Waals surface area contributed by atoms with Crippen LogP contribution in [-0.4, -0.2) is 11.8 Å². The lowest BCUT2D eigenvalue weighted by Gasteiger charge is -2.42. The molecule has 1 saturated heterocycles. The lowest BCUT2D eigenvalue weighted by atomic mass is 9.59. The van der Waals surface area contributed by atoms with Crippen molar-refractivity contribution < 1.29 is 14.0 Å². The van der Waals surface area contributed by atoms with E-state index in [2.05, 4.69) is 0 Å². The number of hydrogen-bond donors (Lipinski definition) is 0. The van der Waals surface area contributed by atoms with Gasteiger partial charge in [0, 0.05) is 5.39 Å². The summed E-state index contributed by atoms with van der Waals surface area (Å²) in [7, 11) is 0. The largest absolute Gasteiger partial charge is 0.461 e. The number of aryl methyl sites for hydroxylation is 1. The van der Waals surface area contributed by atoms with Gasteiger partial charge in [-0.15, -0.1) is 0 Å².